The van der Waals surface area contributed by atoms with Gasteiger partial charge in [0.2, 0.25) is 12.0 Å². The fourth-order valence-corrected chi connectivity index (χ4v) is 6.04. The second kappa shape index (κ2) is 13.0. The molecule has 0 aliphatic carbocycles. The quantitative estimate of drug-likeness (QED) is 0.289. The van der Waals surface area contributed by atoms with E-state index in [-0.39, 0.29) is 36.4 Å². The number of hydrogen-bond donors (Lipinski definition) is 2. The first-order valence-corrected chi connectivity index (χ1v) is 15.0. The van der Waals surface area contributed by atoms with Crippen LogP contribution in [0.3, 0.4) is 0 Å². The molecule has 1 saturated heterocycles. The van der Waals surface area contributed by atoms with Crippen LogP contribution in [0.4, 0.5) is 32.3 Å². The van der Waals surface area contributed by atoms with E-state index < -0.39 is 42.2 Å². The Morgan fingerprint density at radius 2 is 1.60 bits per heavy atom. The molecule has 9 nitrogen and oxygen atoms in total. The van der Waals surface area contributed by atoms with E-state index in [0.29, 0.717) is 60.2 Å². The summed E-state index contributed by atoms with van der Waals surface area (Å²) in [6.45, 7) is 4.47. The number of halogens is 6. The Balaban J connectivity index is 1.40. The molecule has 2 unspecified atom stereocenters. The summed E-state index contributed by atoms with van der Waals surface area (Å²) in [5.41, 5.74) is -1.24. The summed E-state index contributed by atoms with van der Waals surface area (Å²) in [7, 11) is 0. The lowest BCUT2D eigenvalue weighted by Gasteiger charge is -2.39. The zero-order chi connectivity index (χ0) is 33.3. The second-order valence-electron chi connectivity index (χ2n) is 11.5. The minimum atomic E-state index is -5.02. The van der Waals surface area contributed by atoms with Crippen LogP contribution in [0.1, 0.15) is 27.8 Å². The van der Waals surface area contributed by atoms with Gasteiger partial charge in [0.05, 0.1) is 28.9 Å². The lowest BCUT2D eigenvalue weighted by Crippen LogP contribution is -2.53. The average molecular weight is 661 g/mol. The number of aryl methyl sites for hydroxylation is 1. The Morgan fingerprint density at radius 3 is 2.23 bits per heavy atom. The predicted octanol–water partition coefficient (Wildman–Crippen LogP) is 5.09. The molecule has 2 N–H and O–H groups in total. The standard InChI is InChI=1S/C32H32F6N7O2/c1-20-5-2-3-6-24(20)27-17-28(43-9-11-44(12-10-43)30-40-7-4-8-41-30)47-29-25(18-39-19-42-29)26(45(27)46)15-21-13-22(31(33,34)35)16-23(14-21)32(36,37)38/h2-8,13-14,16-17,26,28,39,42H,9-12,15,18-19H2,1H3/q+1/b27-17-. The predicted molar refractivity (Wildman–Crippen MR) is 160 cm³/mol. The molecule has 15 heteroatoms. The van der Waals surface area contributed by atoms with Crippen LogP contribution in [0.15, 0.2) is 78.5 Å². The molecule has 1 aromatic heterocycles. The van der Waals surface area contributed by atoms with Crippen molar-refractivity contribution in [3.8, 4) is 0 Å². The highest BCUT2D eigenvalue weighted by Gasteiger charge is 2.44. The molecule has 2 aromatic carbocycles. The normalized spacial score (nSPS) is 22.4. The minimum Gasteiger partial charge on any atom is -0.456 e. The molecule has 4 heterocycles. The summed E-state index contributed by atoms with van der Waals surface area (Å²) < 4.78 is 89.6. The van der Waals surface area contributed by atoms with Crippen molar-refractivity contribution in [1.82, 2.24) is 25.5 Å². The van der Waals surface area contributed by atoms with Crippen molar-refractivity contribution < 1.29 is 35.8 Å². The summed E-state index contributed by atoms with van der Waals surface area (Å²) in [6.07, 6.45) is -6.19. The minimum absolute atomic E-state index is 0.0844. The molecular weight excluding hydrogens is 628 g/mol. The van der Waals surface area contributed by atoms with E-state index in [1.165, 1.54) is 0 Å². The Morgan fingerprint density at radius 1 is 0.936 bits per heavy atom. The Hall–Kier alpha value is -4.50. The number of ether oxygens (including phenoxy) is 1. The highest BCUT2D eigenvalue weighted by Crippen LogP contribution is 2.38. The molecule has 0 saturated carbocycles. The van der Waals surface area contributed by atoms with Crippen LogP contribution in [0.2, 0.25) is 0 Å². The topological polar surface area (TPSA) is 85.6 Å². The molecule has 1 fully saturated rings. The second-order valence-corrected chi connectivity index (χ2v) is 11.5. The first-order chi connectivity index (χ1) is 22.4. The van der Waals surface area contributed by atoms with Gasteiger partial charge >= 0.3 is 12.4 Å². The lowest BCUT2D eigenvalue weighted by molar-refractivity contribution is -0.489. The van der Waals surface area contributed by atoms with Crippen molar-refractivity contribution in [1.29, 1.82) is 0 Å². The van der Waals surface area contributed by atoms with E-state index in [9.17, 15) is 31.2 Å². The maximum absolute atomic E-state index is 14.6. The summed E-state index contributed by atoms with van der Waals surface area (Å²) in [4.78, 5) is 27.3. The van der Waals surface area contributed by atoms with Gasteiger partial charge in [0, 0.05) is 67.3 Å². The van der Waals surface area contributed by atoms with Gasteiger partial charge in [0.1, 0.15) is 0 Å². The highest BCUT2D eigenvalue weighted by molar-refractivity contribution is 5.62. The SMILES string of the molecule is Cc1ccccc1/C1=C/C(N2CCN(c3ncccn3)CC2)OC2=C(CNCN2)C(Cc2cc(C(F)(F)F)cc(C(F)(F)F)c2)[N+]1=O. The van der Waals surface area contributed by atoms with Gasteiger partial charge in [-0.05, 0) is 48.4 Å². The molecule has 47 heavy (non-hydrogen) atoms. The van der Waals surface area contributed by atoms with Gasteiger partial charge < -0.3 is 15.0 Å². The maximum atomic E-state index is 14.6. The fraction of sp³-hybridized carbons (Fsp3) is 0.375. The monoisotopic (exact) mass is 660 g/mol. The largest absolute Gasteiger partial charge is 0.456 e. The van der Waals surface area contributed by atoms with E-state index >= 15 is 0 Å². The zero-order valence-electron chi connectivity index (χ0n) is 25.3. The van der Waals surface area contributed by atoms with Crippen molar-refractivity contribution in [2.45, 2.75) is 38.0 Å². The van der Waals surface area contributed by atoms with Crippen LogP contribution >= 0.6 is 0 Å². The number of hydrogen-bond acceptors (Lipinski definition) is 8. The third-order valence-corrected chi connectivity index (χ3v) is 8.45. The zero-order valence-corrected chi connectivity index (χ0v) is 25.3. The van der Waals surface area contributed by atoms with Crippen LogP contribution in [0.25, 0.3) is 5.70 Å². The summed E-state index contributed by atoms with van der Waals surface area (Å²) in [5.74, 6) is 0.861. The molecular formula is C32H32F6N7O2+. The number of piperazine rings is 1. The number of nitroso groups, excluding NO2 is 1. The summed E-state index contributed by atoms with van der Waals surface area (Å²) >= 11 is 0. The number of alkyl halides is 6. The molecule has 6 rings (SSSR count). The van der Waals surface area contributed by atoms with Gasteiger partial charge in [0.15, 0.2) is 12.1 Å². The van der Waals surface area contributed by atoms with Gasteiger partial charge in [-0.15, -0.1) is 0 Å². The average Bonchev–Trinajstić information content (AvgIpc) is 3.05. The first-order valence-electron chi connectivity index (χ1n) is 15.0. The Kier molecular flexibility index (Phi) is 8.94. The molecule has 0 bridgehead atoms. The van der Waals surface area contributed by atoms with Crippen molar-refractivity contribution in [3.05, 3.63) is 111 Å². The van der Waals surface area contributed by atoms with Crippen LogP contribution in [-0.2, 0) is 23.5 Å². The maximum Gasteiger partial charge on any atom is 0.416 e. The lowest BCUT2D eigenvalue weighted by atomic mass is 9.93. The molecule has 0 radical (unpaired) electrons. The molecule has 3 aliphatic heterocycles. The first kappa shape index (κ1) is 32.4. The van der Waals surface area contributed by atoms with Gasteiger partial charge in [0.25, 0.3) is 5.70 Å². The van der Waals surface area contributed by atoms with E-state index in [4.69, 9.17) is 4.74 Å². The van der Waals surface area contributed by atoms with E-state index in [1.54, 1.807) is 36.7 Å². The van der Waals surface area contributed by atoms with Crippen LogP contribution in [0.5, 0.6) is 0 Å². The van der Waals surface area contributed by atoms with Crippen molar-refractivity contribution >= 4 is 11.6 Å². The molecule has 2 atom stereocenters. The Bertz CT molecular complexity index is 1650. The van der Waals surface area contributed by atoms with Gasteiger partial charge in [-0.2, -0.15) is 26.3 Å². The molecule has 248 valence electrons. The highest BCUT2D eigenvalue weighted by atomic mass is 19.4. The third-order valence-electron chi connectivity index (χ3n) is 8.45. The summed E-state index contributed by atoms with van der Waals surface area (Å²) in [5, 5.41) is 6.20. The Labute approximate surface area is 266 Å². The number of rotatable bonds is 5. The number of nitrogens with zero attached hydrogens (tertiary/aromatic N) is 5. The summed E-state index contributed by atoms with van der Waals surface area (Å²) in [6, 6.07) is 9.11. The number of benzene rings is 2. The van der Waals surface area contributed by atoms with E-state index in [1.807, 2.05) is 24.0 Å². The third kappa shape index (κ3) is 7.10. The van der Waals surface area contributed by atoms with E-state index in [2.05, 4.69) is 25.5 Å². The number of anilines is 1. The fourth-order valence-electron chi connectivity index (χ4n) is 6.04. The number of aromatic nitrogens is 2. The van der Waals surface area contributed by atoms with Crippen molar-refractivity contribution in [2.24, 2.45) is 0 Å². The van der Waals surface area contributed by atoms with Gasteiger partial charge in [-0.25, -0.2) is 9.97 Å². The van der Waals surface area contributed by atoms with Gasteiger partial charge in [-0.1, -0.05) is 18.2 Å². The molecule has 0 spiro atoms. The van der Waals surface area contributed by atoms with Crippen molar-refractivity contribution in [2.75, 3.05) is 44.3 Å². The van der Waals surface area contributed by atoms with Crippen molar-refractivity contribution in [3.63, 3.8) is 0 Å². The molecule has 0 amide bonds. The van der Waals surface area contributed by atoms with E-state index in [0.717, 1.165) is 5.56 Å². The smallest absolute Gasteiger partial charge is 0.416 e. The van der Waals surface area contributed by atoms with Gasteiger partial charge in [-0.3, -0.25) is 10.2 Å². The number of nitrogens with one attached hydrogen (secondary N) is 2. The van der Waals surface area contributed by atoms with Crippen LogP contribution in [0, 0.1) is 11.8 Å². The molecule has 3 aromatic rings. The van der Waals surface area contributed by atoms with Crippen LogP contribution < -0.4 is 15.5 Å². The van der Waals surface area contributed by atoms with Crippen LogP contribution in [-0.4, -0.2) is 71.3 Å². The molecule has 3 aliphatic rings.